The van der Waals surface area contributed by atoms with Crippen LogP contribution in [0, 0.1) is 0 Å². The van der Waals surface area contributed by atoms with E-state index in [4.69, 9.17) is 0 Å². The summed E-state index contributed by atoms with van der Waals surface area (Å²) < 4.78 is 0. The third-order valence-electron chi connectivity index (χ3n) is 1.68. The molecular weight excluding hydrogens is 144 g/mol. The van der Waals surface area contributed by atoms with Crippen molar-refractivity contribution in [3.8, 4) is 0 Å². The Kier molecular flexibility index (Phi) is 2.12. The fourth-order valence-corrected chi connectivity index (χ4v) is 1.17. The molecule has 0 saturated carbocycles. The van der Waals surface area contributed by atoms with Crippen LogP contribution in [0.25, 0.3) is 0 Å². The fraction of sp³-hybridized carbons (Fsp3) is 0.714. The van der Waals surface area contributed by atoms with Gasteiger partial charge in [-0.05, 0) is 6.92 Å². The molecule has 62 valence electrons. The van der Waals surface area contributed by atoms with Gasteiger partial charge in [0.1, 0.15) is 0 Å². The summed E-state index contributed by atoms with van der Waals surface area (Å²) in [6.07, 6.45) is 0. The predicted molar refractivity (Wildman–Crippen MR) is 39.9 cm³/mol. The molecular formula is C7H12N2O2. The lowest BCUT2D eigenvalue weighted by Gasteiger charge is -2.30. The number of carbonyl (C=O) groups is 2. The van der Waals surface area contributed by atoms with E-state index in [1.165, 1.54) is 6.92 Å². The van der Waals surface area contributed by atoms with Crippen molar-refractivity contribution in [2.45, 2.75) is 19.9 Å². The normalized spacial score (nSPS) is 24.7. The second-order valence-corrected chi connectivity index (χ2v) is 2.87. The number of amides is 2. The van der Waals surface area contributed by atoms with Crippen LogP contribution in [-0.4, -0.2) is 35.8 Å². The van der Waals surface area contributed by atoms with E-state index in [2.05, 4.69) is 5.32 Å². The highest BCUT2D eigenvalue weighted by molar-refractivity contribution is 5.85. The molecule has 0 aromatic rings. The van der Waals surface area contributed by atoms with Crippen molar-refractivity contribution in [3.63, 3.8) is 0 Å². The number of hydrogen-bond acceptors (Lipinski definition) is 2. The Labute approximate surface area is 65.6 Å². The van der Waals surface area contributed by atoms with Gasteiger partial charge in [0.25, 0.3) is 0 Å². The van der Waals surface area contributed by atoms with Gasteiger partial charge in [0.2, 0.25) is 11.8 Å². The van der Waals surface area contributed by atoms with Gasteiger partial charge in [-0.3, -0.25) is 9.59 Å². The lowest BCUT2D eigenvalue weighted by atomic mass is 10.2. The summed E-state index contributed by atoms with van der Waals surface area (Å²) >= 11 is 0. The molecule has 1 saturated heterocycles. The molecule has 0 aromatic carbocycles. The highest BCUT2D eigenvalue weighted by Gasteiger charge is 2.22. The Morgan fingerprint density at radius 3 is 2.82 bits per heavy atom. The summed E-state index contributed by atoms with van der Waals surface area (Å²) in [6.45, 7) is 4.19. The fourth-order valence-electron chi connectivity index (χ4n) is 1.17. The topological polar surface area (TPSA) is 49.4 Å². The van der Waals surface area contributed by atoms with Crippen molar-refractivity contribution in [2.75, 3.05) is 13.1 Å². The number of hydrogen-bond donors (Lipinski definition) is 1. The van der Waals surface area contributed by atoms with Crippen LogP contribution >= 0.6 is 0 Å². The van der Waals surface area contributed by atoms with Gasteiger partial charge in [0.15, 0.2) is 0 Å². The zero-order valence-corrected chi connectivity index (χ0v) is 6.76. The summed E-state index contributed by atoms with van der Waals surface area (Å²) in [5.74, 6) is -0.106. The summed E-state index contributed by atoms with van der Waals surface area (Å²) in [5.41, 5.74) is 0. The Morgan fingerprint density at radius 1 is 1.73 bits per heavy atom. The van der Waals surface area contributed by atoms with Gasteiger partial charge in [-0.2, -0.15) is 0 Å². The number of piperazine rings is 1. The van der Waals surface area contributed by atoms with Crippen molar-refractivity contribution in [3.05, 3.63) is 0 Å². The standard InChI is InChI=1S/C7H12N2O2/c1-5-3-9(6(2)10)4-7(11)8-5/h5H,3-4H2,1-2H3,(H,8,11). The Morgan fingerprint density at radius 2 is 2.36 bits per heavy atom. The highest BCUT2D eigenvalue weighted by Crippen LogP contribution is 1.98. The molecule has 2 amide bonds. The molecule has 1 fully saturated rings. The lowest BCUT2D eigenvalue weighted by molar-refractivity contribution is -0.137. The highest BCUT2D eigenvalue weighted by atomic mass is 16.2. The third kappa shape index (κ3) is 1.93. The van der Waals surface area contributed by atoms with Crippen molar-refractivity contribution in [1.82, 2.24) is 10.2 Å². The van der Waals surface area contributed by atoms with Crippen LogP contribution in [0.4, 0.5) is 0 Å². The van der Waals surface area contributed by atoms with Crippen LogP contribution in [-0.2, 0) is 9.59 Å². The van der Waals surface area contributed by atoms with Gasteiger partial charge in [-0.1, -0.05) is 0 Å². The summed E-state index contributed by atoms with van der Waals surface area (Å²) in [4.78, 5) is 23.3. The van der Waals surface area contributed by atoms with E-state index in [0.717, 1.165) is 0 Å². The lowest BCUT2D eigenvalue weighted by Crippen LogP contribution is -2.54. The van der Waals surface area contributed by atoms with Crippen molar-refractivity contribution >= 4 is 11.8 Å². The minimum atomic E-state index is -0.0704. The molecule has 0 spiro atoms. The molecule has 1 N–H and O–H groups in total. The quantitative estimate of drug-likeness (QED) is 0.507. The molecule has 1 atom stereocenters. The van der Waals surface area contributed by atoms with E-state index >= 15 is 0 Å². The zero-order chi connectivity index (χ0) is 8.43. The van der Waals surface area contributed by atoms with Crippen molar-refractivity contribution in [1.29, 1.82) is 0 Å². The van der Waals surface area contributed by atoms with Crippen molar-refractivity contribution < 1.29 is 9.59 Å². The predicted octanol–water partition coefficient (Wildman–Crippen LogP) is -0.647. The average Bonchev–Trinajstić information content (AvgIpc) is 1.85. The molecule has 0 aromatic heterocycles. The molecule has 0 aliphatic carbocycles. The summed E-state index contributed by atoms with van der Waals surface area (Å²) in [7, 11) is 0. The first-order valence-corrected chi connectivity index (χ1v) is 3.64. The monoisotopic (exact) mass is 156 g/mol. The maximum absolute atomic E-state index is 10.9. The zero-order valence-electron chi connectivity index (χ0n) is 6.76. The number of nitrogens with one attached hydrogen (secondary N) is 1. The summed E-state index contributed by atoms with van der Waals surface area (Å²) in [5, 5.41) is 2.73. The van der Waals surface area contributed by atoms with Gasteiger partial charge < -0.3 is 10.2 Å². The largest absolute Gasteiger partial charge is 0.350 e. The van der Waals surface area contributed by atoms with E-state index in [9.17, 15) is 9.59 Å². The minimum absolute atomic E-state index is 0.0355. The van der Waals surface area contributed by atoms with Crippen LogP contribution < -0.4 is 5.32 Å². The van der Waals surface area contributed by atoms with Crippen LogP contribution in [0.5, 0.6) is 0 Å². The molecule has 0 bridgehead atoms. The first kappa shape index (κ1) is 8.04. The van der Waals surface area contributed by atoms with E-state index in [0.29, 0.717) is 6.54 Å². The van der Waals surface area contributed by atoms with E-state index in [1.807, 2.05) is 6.92 Å². The van der Waals surface area contributed by atoms with E-state index in [-0.39, 0.29) is 24.4 Å². The molecule has 1 rings (SSSR count). The van der Waals surface area contributed by atoms with Gasteiger partial charge in [-0.25, -0.2) is 0 Å². The average molecular weight is 156 g/mol. The summed E-state index contributed by atoms with van der Waals surface area (Å²) in [6, 6.07) is 0.0835. The molecule has 4 nitrogen and oxygen atoms in total. The Balaban J connectivity index is 2.56. The van der Waals surface area contributed by atoms with Gasteiger partial charge in [0, 0.05) is 19.5 Å². The smallest absolute Gasteiger partial charge is 0.239 e. The molecule has 1 aliphatic heterocycles. The molecule has 1 aliphatic rings. The van der Waals surface area contributed by atoms with Crippen LogP contribution in [0.15, 0.2) is 0 Å². The SMILES string of the molecule is CC(=O)N1CC(=O)NC(C)C1. The first-order valence-electron chi connectivity index (χ1n) is 3.64. The van der Waals surface area contributed by atoms with Crippen LogP contribution in [0.3, 0.4) is 0 Å². The third-order valence-corrected chi connectivity index (χ3v) is 1.68. The molecule has 1 unspecified atom stereocenters. The van der Waals surface area contributed by atoms with E-state index in [1.54, 1.807) is 4.90 Å². The van der Waals surface area contributed by atoms with Gasteiger partial charge >= 0.3 is 0 Å². The van der Waals surface area contributed by atoms with Gasteiger partial charge in [0.05, 0.1) is 6.54 Å². The van der Waals surface area contributed by atoms with E-state index < -0.39 is 0 Å². The number of carbonyl (C=O) groups excluding carboxylic acids is 2. The molecule has 0 radical (unpaired) electrons. The van der Waals surface area contributed by atoms with Crippen LogP contribution in [0.1, 0.15) is 13.8 Å². The number of nitrogens with zero attached hydrogens (tertiary/aromatic N) is 1. The second-order valence-electron chi connectivity index (χ2n) is 2.87. The van der Waals surface area contributed by atoms with Crippen LogP contribution in [0.2, 0.25) is 0 Å². The molecule has 4 heteroatoms. The Hall–Kier alpha value is -1.06. The maximum Gasteiger partial charge on any atom is 0.239 e. The minimum Gasteiger partial charge on any atom is -0.350 e. The molecule has 11 heavy (non-hydrogen) atoms. The number of rotatable bonds is 0. The van der Waals surface area contributed by atoms with Gasteiger partial charge in [-0.15, -0.1) is 0 Å². The Bertz CT molecular complexity index is 191. The maximum atomic E-state index is 10.9. The first-order chi connectivity index (χ1) is 5.09. The second kappa shape index (κ2) is 2.90. The molecule has 1 heterocycles. The van der Waals surface area contributed by atoms with Crippen molar-refractivity contribution in [2.24, 2.45) is 0 Å².